The summed E-state index contributed by atoms with van der Waals surface area (Å²) in [6.07, 6.45) is 1.08. The topological polar surface area (TPSA) is 67.2 Å². The number of oxazole rings is 1. The van der Waals surface area contributed by atoms with Gasteiger partial charge in [-0.15, -0.1) is 0 Å². The van der Waals surface area contributed by atoms with E-state index in [0.29, 0.717) is 17.4 Å². The van der Waals surface area contributed by atoms with Crippen LogP contribution in [0.4, 0.5) is 5.69 Å². The number of benzene rings is 3. The van der Waals surface area contributed by atoms with Crippen molar-refractivity contribution in [1.82, 2.24) is 10.3 Å². The fraction of sp³-hybridized carbons (Fsp3) is 0.160. The van der Waals surface area contributed by atoms with Gasteiger partial charge in [-0.2, -0.15) is 0 Å². The average molecular weight is 508 g/mol. The van der Waals surface area contributed by atoms with Crippen molar-refractivity contribution in [2.75, 3.05) is 5.32 Å². The van der Waals surface area contributed by atoms with Crippen LogP contribution >= 0.6 is 28.1 Å². The van der Waals surface area contributed by atoms with E-state index < -0.39 is 0 Å². The lowest BCUT2D eigenvalue weighted by Gasteiger charge is -2.10. The molecule has 0 fully saturated rings. The monoisotopic (exact) mass is 507 g/mol. The molecule has 1 heterocycles. The number of nitrogens with zero attached hydrogens (tertiary/aromatic N) is 1. The molecule has 3 aromatic carbocycles. The number of anilines is 1. The number of halogens is 1. The lowest BCUT2D eigenvalue weighted by Crippen LogP contribution is -2.34. The second-order valence-corrected chi connectivity index (χ2v) is 8.87. The quantitative estimate of drug-likeness (QED) is 0.287. The van der Waals surface area contributed by atoms with E-state index in [2.05, 4.69) is 57.5 Å². The van der Waals surface area contributed by atoms with Gasteiger partial charge >= 0.3 is 0 Å². The first kappa shape index (κ1) is 22.2. The van der Waals surface area contributed by atoms with Crippen LogP contribution in [0.5, 0.6) is 0 Å². The van der Waals surface area contributed by atoms with Gasteiger partial charge in [0.25, 0.3) is 5.91 Å². The Morgan fingerprint density at radius 2 is 1.81 bits per heavy atom. The predicted molar refractivity (Wildman–Crippen MR) is 136 cm³/mol. The highest BCUT2D eigenvalue weighted by Crippen LogP contribution is 2.28. The summed E-state index contributed by atoms with van der Waals surface area (Å²) in [5.74, 6) is 0.784. The smallest absolute Gasteiger partial charge is 0.257 e. The molecule has 162 valence electrons. The van der Waals surface area contributed by atoms with Crippen molar-refractivity contribution in [2.45, 2.75) is 26.2 Å². The number of hydrogen-bond donors (Lipinski definition) is 2. The molecule has 1 amide bonds. The summed E-state index contributed by atoms with van der Waals surface area (Å²) >= 11 is 8.62. The van der Waals surface area contributed by atoms with E-state index in [-0.39, 0.29) is 11.0 Å². The molecule has 32 heavy (non-hydrogen) atoms. The van der Waals surface area contributed by atoms with Gasteiger partial charge in [-0.25, -0.2) is 4.98 Å². The fourth-order valence-electron chi connectivity index (χ4n) is 3.25. The molecule has 0 aliphatic heterocycles. The number of rotatable bonds is 5. The first-order valence-electron chi connectivity index (χ1n) is 10.3. The number of amides is 1. The number of aromatic nitrogens is 1. The Morgan fingerprint density at radius 3 is 2.50 bits per heavy atom. The third-order valence-electron chi connectivity index (χ3n) is 5.32. The Morgan fingerprint density at radius 1 is 1.09 bits per heavy atom. The maximum atomic E-state index is 12.3. The second-order valence-electron chi connectivity index (χ2n) is 7.55. The number of carbonyl (C=O) groups excluding carboxylic acids is 1. The Hall–Kier alpha value is -3.03. The van der Waals surface area contributed by atoms with Crippen LogP contribution in [0, 0.1) is 0 Å². The number of hydrogen-bond acceptors (Lipinski definition) is 4. The molecule has 0 saturated heterocycles. The SMILES string of the molecule is CC[C@H](C)c1ccc2oc(-c3ccc(NC(=S)NC(=O)c4ccc(Br)cc4)cc3)nc2c1. The molecule has 5 nitrogen and oxygen atoms in total. The van der Waals surface area contributed by atoms with Crippen molar-refractivity contribution in [3.63, 3.8) is 0 Å². The molecule has 0 radical (unpaired) electrons. The summed E-state index contributed by atoms with van der Waals surface area (Å²) in [5, 5.41) is 5.93. The van der Waals surface area contributed by atoms with Crippen LogP contribution in [0.15, 0.2) is 75.6 Å². The molecule has 0 aliphatic carbocycles. The van der Waals surface area contributed by atoms with Crippen molar-refractivity contribution in [3.05, 3.63) is 82.3 Å². The van der Waals surface area contributed by atoms with Crippen molar-refractivity contribution >= 4 is 56.0 Å². The molecule has 0 aliphatic rings. The molecule has 0 saturated carbocycles. The highest BCUT2D eigenvalue weighted by atomic mass is 79.9. The van der Waals surface area contributed by atoms with Crippen LogP contribution in [0.3, 0.4) is 0 Å². The van der Waals surface area contributed by atoms with Crippen LogP contribution in [0.2, 0.25) is 0 Å². The third kappa shape index (κ3) is 5.06. The van der Waals surface area contributed by atoms with Gasteiger partial charge in [0.05, 0.1) is 0 Å². The van der Waals surface area contributed by atoms with E-state index in [4.69, 9.17) is 16.6 Å². The average Bonchev–Trinajstić information content (AvgIpc) is 3.22. The van der Waals surface area contributed by atoms with Gasteiger partial charge in [0.15, 0.2) is 10.7 Å². The van der Waals surface area contributed by atoms with Gasteiger partial charge in [-0.05, 0) is 90.8 Å². The van der Waals surface area contributed by atoms with Crippen molar-refractivity contribution in [2.24, 2.45) is 0 Å². The normalized spacial score (nSPS) is 11.8. The second kappa shape index (κ2) is 9.63. The highest BCUT2D eigenvalue weighted by molar-refractivity contribution is 9.10. The molecule has 2 N–H and O–H groups in total. The van der Waals surface area contributed by atoms with Crippen LogP contribution in [-0.4, -0.2) is 16.0 Å². The van der Waals surface area contributed by atoms with Gasteiger partial charge in [0.2, 0.25) is 5.89 Å². The summed E-state index contributed by atoms with van der Waals surface area (Å²) in [4.78, 5) is 16.9. The standard InChI is InChI=1S/C25H22BrN3O2S/c1-3-15(2)18-8-13-22-21(14-18)28-24(31-22)17-6-11-20(12-7-17)27-25(32)29-23(30)16-4-9-19(26)10-5-16/h4-15H,3H2,1-2H3,(H2,27,29,30,32)/t15-/m0/s1. The Bertz CT molecular complexity index is 1270. The predicted octanol–water partition coefficient (Wildman–Crippen LogP) is 6.90. The highest BCUT2D eigenvalue weighted by Gasteiger charge is 2.12. The lowest BCUT2D eigenvalue weighted by atomic mass is 9.98. The summed E-state index contributed by atoms with van der Waals surface area (Å²) < 4.78 is 6.84. The third-order valence-corrected chi connectivity index (χ3v) is 6.05. The minimum Gasteiger partial charge on any atom is -0.436 e. The van der Waals surface area contributed by atoms with Crippen LogP contribution < -0.4 is 10.6 Å². The van der Waals surface area contributed by atoms with E-state index in [1.54, 1.807) is 24.3 Å². The number of nitrogens with one attached hydrogen (secondary N) is 2. The Balaban J connectivity index is 1.43. The van der Waals surface area contributed by atoms with Gasteiger partial charge in [0, 0.05) is 21.3 Å². The van der Waals surface area contributed by atoms with Gasteiger partial charge in [-0.1, -0.05) is 35.8 Å². The first-order chi connectivity index (χ1) is 15.4. The zero-order valence-corrected chi connectivity index (χ0v) is 20.1. The molecule has 4 rings (SSSR count). The van der Waals surface area contributed by atoms with Gasteiger partial charge in [-0.3, -0.25) is 10.1 Å². The fourth-order valence-corrected chi connectivity index (χ4v) is 3.72. The van der Waals surface area contributed by atoms with E-state index in [1.165, 1.54) is 5.56 Å². The zero-order valence-electron chi connectivity index (χ0n) is 17.7. The van der Waals surface area contributed by atoms with Gasteiger partial charge < -0.3 is 9.73 Å². The van der Waals surface area contributed by atoms with E-state index in [0.717, 1.165) is 33.2 Å². The molecule has 4 aromatic rings. The number of carbonyl (C=O) groups is 1. The Labute approximate surface area is 200 Å². The minimum atomic E-state index is -0.269. The van der Waals surface area contributed by atoms with E-state index >= 15 is 0 Å². The molecular formula is C25H22BrN3O2S. The largest absolute Gasteiger partial charge is 0.436 e. The minimum absolute atomic E-state index is 0.227. The molecule has 0 bridgehead atoms. The van der Waals surface area contributed by atoms with Gasteiger partial charge in [0.1, 0.15) is 5.52 Å². The van der Waals surface area contributed by atoms with Crippen molar-refractivity contribution in [3.8, 4) is 11.5 Å². The van der Waals surface area contributed by atoms with Crippen LogP contribution in [0.25, 0.3) is 22.6 Å². The molecule has 0 spiro atoms. The summed E-state index contributed by atoms with van der Waals surface area (Å²) in [6, 6.07) is 20.8. The lowest BCUT2D eigenvalue weighted by molar-refractivity contribution is 0.0977. The van der Waals surface area contributed by atoms with E-state index in [1.807, 2.05) is 30.3 Å². The van der Waals surface area contributed by atoms with Crippen molar-refractivity contribution in [1.29, 1.82) is 0 Å². The maximum Gasteiger partial charge on any atom is 0.257 e. The maximum absolute atomic E-state index is 12.3. The Kier molecular flexibility index (Phi) is 6.67. The van der Waals surface area contributed by atoms with E-state index in [9.17, 15) is 4.79 Å². The summed E-state index contributed by atoms with van der Waals surface area (Å²) in [5.41, 5.74) is 5.04. The zero-order chi connectivity index (χ0) is 22.7. The summed E-state index contributed by atoms with van der Waals surface area (Å²) in [7, 11) is 0. The van der Waals surface area contributed by atoms with Crippen molar-refractivity contribution < 1.29 is 9.21 Å². The summed E-state index contributed by atoms with van der Waals surface area (Å²) in [6.45, 7) is 4.39. The van der Waals surface area contributed by atoms with Crippen LogP contribution in [-0.2, 0) is 0 Å². The molecule has 0 unspecified atom stereocenters. The molecule has 1 atom stereocenters. The molecule has 7 heteroatoms. The number of fused-ring (bicyclic) bond motifs is 1. The first-order valence-corrected chi connectivity index (χ1v) is 11.5. The number of thiocarbonyl (C=S) groups is 1. The molecule has 1 aromatic heterocycles. The van der Waals surface area contributed by atoms with Crippen LogP contribution in [0.1, 0.15) is 42.1 Å². The molecular weight excluding hydrogens is 486 g/mol.